The molecule has 0 atom stereocenters. The average Bonchev–Trinajstić information content (AvgIpc) is 3.07. The third-order valence-corrected chi connectivity index (χ3v) is 4.47. The minimum Gasteiger partial charge on any atom is -0.298 e. The average molecular weight is 320 g/mol. The van der Waals surface area contributed by atoms with Crippen LogP contribution < -0.4 is 10.9 Å². The van der Waals surface area contributed by atoms with Crippen molar-refractivity contribution in [2.75, 3.05) is 5.32 Å². The normalized spacial score (nSPS) is 11.2. The van der Waals surface area contributed by atoms with E-state index in [1.807, 2.05) is 19.2 Å². The second-order valence-electron chi connectivity index (χ2n) is 4.72. The van der Waals surface area contributed by atoms with Gasteiger partial charge < -0.3 is 0 Å². The summed E-state index contributed by atoms with van der Waals surface area (Å²) >= 11 is 2.68. The van der Waals surface area contributed by atoms with Crippen molar-refractivity contribution < 1.29 is 4.79 Å². The van der Waals surface area contributed by atoms with Crippen LogP contribution in [0.5, 0.6) is 0 Å². The Balaban J connectivity index is 1.89. The minimum atomic E-state index is -0.488. The van der Waals surface area contributed by atoms with Gasteiger partial charge in [-0.2, -0.15) is 0 Å². The number of amides is 1. The van der Waals surface area contributed by atoms with Crippen molar-refractivity contribution in [2.45, 2.75) is 19.8 Å². The second kappa shape index (κ2) is 5.38. The van der Waals surface area contributed by atoms with Crippen molar-refractivity contribution in [3.63, 3.8) is 0 Å². The Labute approximate surface area is 128 Å². The van der Waals surface area contributed by atoms with E-state index in [-0.39, 0.29) is 11.1 Å². The number of nitrogens with one attached hydrogen (secondary N) is 1. The highest BCUT2D eigenvalue weighted by Crippen LogP contribution is 2.21. The van der Waals surface area contributed by atoms with Gasteiger partial charge in [0.2, 0.25) is 0 Å². The molecule has 108 valence electrons. The predicted molar refractivity (Wildman–Crippen MR) is 83.5 cm³/mol. The zero-order valence-corrected chi connectivity index (χ0v) is 13.0. The van der Waals surface area contributed by atoms with Crippen LogP contribution in [-0.2, 0) is 0 Å². The highest BCUT2D eigenvalue weighted by Gasteiger charge is 2.15. The molecule has 6 nitrogen and oxygen atoms in total. The first-order chi connectivity index (χ1) is 10.1. The molecule has 1 N–H and O–H groups in total. The molecule has 0 bridgehead atoms. The quantitative estimate of drug-likeness (QED) is 0.805. The highest BCUT2D eigenvalue weighted by molar-refractivity contribution is 7.15. The van der Waals surface area contributed by atoms with Gasteiger partial charge in [0.15, 0.2) is 10.1 Å². The van der Waals surface area contributed by atoms with Gasteiger partial charge in [-0.1, -0.05) is 13.8 Å². The summed E-state index contributed by atoms with van der Waals surface area (Å²) in [7, 11) is 0. The first-order valence-corrected chi connectivity index (χ1v) is 8.04. The van der Waals surface area contributed by atoms with E-state index in [0.29, 0.717) is 16.0 Å². The van der Waals surface area contributed by atoms with Crippen LogP contribution >= 0.6 is 22.7 Å². The molecule has 1 amide bonds. The molecule has 8 heteroatoms. The summed E-state index contributed by atoms with van der Waals surface area (Å²) in [5.41, 5.74) is 0.546. The maximum Gasteiger partial charge on any atom is 0.271 e. The predicted octanol–water partition coefficient (Wildman–Crippen LogP) is 2.59. The van der Waals surface area contributed by atoms with Crippen molar-refractivity contribution >= 4 is 38.7 Å². The van der Waals surface area contributed by atoms with Crippen molar-refractivity contribution in [2.24, 2.45) is 0 Å². The van der Waals surface area contributed by atoms with Crippen LogP contribution in [0.25, 0.3) is 4.96 Å². The van der Waals surface area contributed by atoms with Gasteiger partial charge in [0.05, 0.1) is 5.69 Å². The maximum atomic E-state index is 12.2. The van der Waals surface area contributed by atoms with Gasteiger partial charge in [0.1, 0.15) is 5.56 Å². The lowest BCUT2D eigenvalue weighted by Crippen LogP contribution is -2.25. The zero-order valence-electron chi connectivity index (χ0n) is 11.4. The number of carbonyl (C=O) groups is 1. The van der Waals surface area contributed by atoms with E-state index in [1.54, 1.807) is 11.6 Å². The lowest BCUT2D eigenvalue weighted by molar-refractivity contribution is 0.102. The fourth-order valence-electron chi connectivity index (χ4n) is 1.75. The number of nitrogens with zero attached hydrogens (tertiary/aromatic N) is 3. The Kier molecular flexibility index (Phi) is 3.56. The number of hydrogen-bond donors (Lipinski definition) is 1. The molecule has 0 aromatic carbocycles. The topological polar surface area (TPSA) is 76.4 Å². The van der Waals surface area contributed by atoms with Crippen LogP contribution in [0.3, 0.4) is 0 Å². The molecule has 3 heterocycles. The highest BCUT2D eigenvalue weighted by atomic mass is 32.1. The Morgan fingerprint density at radius 2 is 2.19 bits per heavy atom. The molecular weight excluding hydrogens is 308 g/mol. The van der Waals surface area contributed by atoms with Gasteiger partial charge in [0.25, 0.3) is 11.5 Å². The van der Waals surface area contributed by atoms with Crippen LogP contribution in [0, 0.1) is 0 Å². The van der Waals surface area contributed by atoms with E-state index in [9.17, 15) is 9.59 Å². The van der Waals surface area contributed by atoms with E-state index in [0.717, 1.165) is 5.69 Å². The van der Waals surface area contributed by atoms with Gasteiger partial charge in [-0.05, 0) is 5.92 Å². The van der Waals surface area contributed by atoms with E-state index < -0.39 is 5.91 Å². The van der Waals surface area contributed by atoms with Crippen LogP contribution in [0.15, 0.2) is 27.9 Å². The summed E-state index contributed by atoms with van der Waals surface area (Å²) in [5, 5.41) is 6.78. The number of thiazole rings is 2. The first kappa shape index (κ1) is 13.9. The summed E-state index contributed by atoms with van der Waals surface area (Å²) in [6.07, 6.45) is 2.91. The molecule has 0 fully saturated rings. The van der Waals surface area contributed by atoms with E-state index in [1.165, 1.54) is 33.3 Å². The molecule has 0 spiro atoms. The van der Waals surface area contributed by atoms with Crippen molar-refractivity contribution in [3.05, 3.63) is 44.8 Å². The molecule has 3 rings (SSSR count). The number of fused-ring (bicyclic) bond motifs is 1. The Morgan fingerprint density at radius 3 is 2.90 bits per heavy atom. The maximum absolute atomic E-state index is 12.2. The number of hydrogen-bond acceptors (Lipinski definition) is 6. The summed E-state index contributed by atoms with van der Waals surface area (Å²) in [5.74, 6) is -0.195. The summed E-state index contributed by atoms with van der Waals surface area (Å²) in [6.45, 7) is 4.06. The lowest BCUT2D eigenvalue weighted by atomic mass is 10.2. The fourth-order valence-corrected chi connectivity index (χ4v) is 3.30. The third-order valence-electron chi connectivity index (χ3n) is 2.92. The molecular formula is C13H12N4O2S2. The number of rotatable bonds is 3. The molecule has 0 aliphatic heterocycles. The standard InChI is InChI=1S/C13H12N4O2S2/c1-7(2)9-6-21-12(15-9)16-10(18)8-5-14-13-17(11(8)19)3-4-20-13/h3-7H,1-2H3,(H,15,16,18). The van der Waals surface area contributed by atoms with Gasteiger partial charge >= 0.3 is 0 Å². The van der Waals surface area contributed by atoms with Crippen LogP contribution in [0.4, 0.5) is 5.13 Å². The smallest absolute Gasteiger partial charge is 0.271 e. The molecule has 0 aliphatic carbocycles. The Morgan fingerprint density at radius 1 is 1.38 bits per heavy atom. The summed E-state index contributed by atoms with van der Waals surface area (Å²) in [6, 6.07) is 0. The molecule has 0 saturated carbocycles. The van der Waals surface area contributed by atoms with Gasteiger partial charge in [-0.25, -0.2) is 9.97 Å². The number of aromatic nitrogens is 3. The van der Waals surface area contributed by atoms with Crippen LogP contribution in [0.2, 0.25) is 0 Å². The fraction of sp³-hybridized carbons (Fsp3) is 0.231. The Bertz CT molecular complexity index is 862. The van der Waals surface area contributed by atoms with Gasteiger partial charge in [-0.3, -0.25) is 19.3 Å². The summed E-state index contributed by atoms with van der Waals surface area (Å²) in [4.78, 5) is 33.4. The molecule has 0 radical (unpaired) electrons. The molecule has 0 unspecified atom stereocenters. The molecule has 0 saturated heterocycles. The lowest BCUT2D eigenvalue weighted by Gasteiger charge is -2.02. The zero-order chi connectivity index (χ0) is 15.0. The van der Waals surface area contributed by atoms with Crippen LogP contribution in [-0.4, -0.2) is 20.3 Å². The third kappa shape index (κ3) is 2.59. The Hall–Kier alpha value is -2.06. The van der Waals surface area contributed by atoms with E-state index in [2.05, 4.69) is 15.3 Å². The first-order valence-electron chi connectivity index (χ1n) is 6.28. The molecule has 3 aromatic rings. The molecule has 21 heavy (non-hydrogen) atoms. The molecule has 3 aromatic heterocycles. The van der Waals surface area contributed by atoms with Gasteiger partial charge in [-0.15, -0.1) is 22.7 Å². The van der Waals surface area contributed by atoms with Crippen molar-refractivity contribution in [3.8, 4) is 0 Å². The van der Waals surface area contributed by atoms with Crippen LogP contribution in [0.1, 0.15) is 35.8 Å². The number of anilines is 1. The second-order valence-corrected chi connectivity index (χ2v) is 6.45. The van der Waals surface area contributed by atoms with Crippen molar-refractivity contribution in [1.29, 1.82) is 0 Å². The largest absolute Gasteiger partial charge is 0.298 e. The van der Waals surface area contributed by atoms with E-state index in [4.69, 9.17) is 0 Å². The van der Waals surface area contributed by atoms with Crippen molar-refractivity contribution in [1.82, 2.24) is 14.4 Å². The van der Waals surface area contributed by atoms with Gasteiger partial charge in [0, 0.05) is 23.2 Å². The number of carbonyl (C=O) groups excluding carboxylic acids is 1. The SMILES string of the molecule is CC(C)c1csc(NC(=O)c2cnc3sccn3c2=O)n1. The summed E-state index contributed by atoms with van der Waals surface area (Å²) < 4.78 is 1.36. The molecule has 0 aliphatic rings. The van der Waals surface area contributed by atoms with E-state index >= 15 is 0 Å². The minimum absolute atomic E-state index is 0.00666. The monoisotopic (exact) mass is 320 g/mol.